The van der Waals surface area contributed by atoms with Crippen LogP contribution in [0, 0.1) is 5.82 Å². The summed E-state index contributed by atoms with van der Waals surface area (Å²) in [6.45, 7) is 0. The Labute approximate surface area is 102 Å². The molecule has 3 nitrogen and oxygen atoms in total. The molecule has 0 amide bonds. The van der Waals surface area contributed by atoms with Gasteiger partial charge in [-0.2, -0.15) is 0 Å². The molecule has 17 heavy (non-hydrogen) atoms. The van der Waals surface area contributed by atoms with Gasteiger partial charge in [0.2, 0.25) is 0 Å². The largest absolute Gasteiger partial charge is 0.481 e. The molecule has 1 aromatic carbocycles. The lowest BCUT2D eigenvalue weighted by molar-refractivity contribution is -0.136. The van der Waals surface area contributed by atoms with Crippen LogP contribution in [0.15, 0.2) is 46.3 Å². The van der Waals surface area contributed by atoms with Crippen LogP contribution >= 0.6 is 11.8 Å². The molecule has 1 heterocycles. The van der Waals surface area contributed by atoms with E-state index >= 15 is 0 Å². The predicted molar refractivity (Wildman–Crippen MR) is 62.7 cm³/mol. The fraction of sp³-hybridized carbons (Fsp3) is 0.0833. The van der Waals surface area contributed by atoms with Crippen LogP contribution in [0.2, 0.25) is 0 Å². The van der Waals surface area contributed by atoms with Crippen molar-refractivity contribution in [3.8, 4) is 0 Å². The third-order valence-corrected chi connectivity index (χ3v) is 3.07. The first-order chi connectivity index (χ1) is 8.13. The molecule has 0 aliphatic heterocycles. The van der Waals surface area contributed by atoms with Crippen LogP contribution in [0.5, 0.6) is 0 Å². The summed E-state index contributed by atoms with van der Waals surface area (Å²) in [5.41, 5.74) is 0.655. The number of hydrogen-bond acceptors (Lipinski definition) is 2. The van der Waals surface area contributed by atoms with Gasteiger partial charge in [0, 0.05) is 10.6 Å². The quantitative estimate of drug-likeness (QED) is 0.878. The van der Waals surface area contributed by atoms with Gasteiger partial charge in [0.05, 0.1) is 11.4 Å². The van der Waals surface area contributed by atoms with E-state index in [-0.39, 0.29) is 12.2 Å². The third kappa shape index (κ3) is 3.35. The number of carbonyl (C=O) groups is 1. The van der Waals surface area contributed by atoms with Crippen molar-refractivity contribution in [1.29, 1.82) is 0 Å². The van der Waals surface area contributed by atoms with E-state index in [0.717, 1.165) is 9.92 Å². The highest BCUT2D eigenvalue weighted by Gasteiger charge is 2.04. The van der Waals surface area contributed by atoms with Gasteiger partial charge in [-0.25, -0.2) is 4.39 Å². The van der Waals surface area contributed by atoms with Gasteiger partial charge in [0.25, 0.3) is 0 Å². The average molecular weight is 251 g/mol. The number of aromatic nitrogens is 1. The zero-order valence-electron chi connectivity index (χ0n) is 8.81. The molecular formula is C12H10FNO2S. The van der Waals surface area contributed by atoms with Gasteiger partial charge in [0.1, 0.15) is 5.82 Å². The van der Waals surface area contributed by atoms with Crippen LogP contribution in [0.25, 0.3) is 0 Å². The molecule has 2 aromatic rings. The maximum atomic E-state index is 12.7. The number of carboxylic acids is 1. The fourth-order valence-corrected chi connectivity index (χ4v) is 2.22. The number of rotatable bonds is 4. The zero-order chi connectivity index (χ0) is 12.3. The Bertz CT molecular complexity index is 522. The first-order valence-electron chi connectivity index (χ1n) is 4.96. The lowest BCUT2D eigenvalue weighted by atomic mass is 10.3. The Hall–Kier alpha value is -1.75. The lowest BCUT2D eigenvalue weighted by Gasteiger charge is -1.98. The van der Waals surface area contributed by atoms with E-state index in [0.29, 0.717) is 5.69 Å². The number of carboxylic acid groups (broad SMARTS) is 1. The summed E-state index contributed by atoms with van der Waals surface area (Å²) >= 11 is 1.43. The number of benzene rings is 1. The van der Waals surface area contributed by atoms with Crippen molar-refractivity contribution in [2.75, 3.05) is 0 Å². The number of nitrogens with one attached hydrogen (secondary N) is 1. The van der Waals surface area contributed by atoms with Gasteiger partial charge in [0.15, 0.2) is 0 Å². The van der Waals surface area contributed by atoms with Crippen molar-refractivity contribution in [2.24, 2.45) is 0 Å². The number of hydrogen-bond donors (Lipinski definition) is 2. The van der Waals surface area contributed by atoms with Gasteiger partial charge >= 0.3 is 5.97 Å². The van der Waals surface area contributed by atoms with Crippen molar-refractivity contribution in [1.82, 2.24) is 4.98 Å². The van der Waals surface area contributed by atoms with Crippen LogP contribution in [0.1, 0.15) is 5.69 Å². The molecule has 0 radical (unpaired) electrons. The van der Waals surface area contributed by atoms with Crippen molar-refractivity contribution in [3.05, 3.63) is 47.9 Å². The summed E-state index contributed by atoms with van der Waals surface area (Å²) in [6, 6.07) is 9.69. The first kappa shape index (κ1) is 11.7. The van der Waals surface area contributed by atoms with E-state index in [1.807, 2.05) is 6.07 Å². The maximum absolute atomic E-state index is 12.7. The maximum Gasteiger partial charge on any atom is 0.309 e. The number of H-pyrrole nitrogens is 1. The van der Waals surface area contributed by atoms with Gasteiger partial charge in [-0.1, -0.05) is 11.8 Å². The Morgan fingerprint density at radius 2 is 1.94 bits per heavy atom. The minimum absolute atomic E-state index is 0.0238. The van der Waals surface area contributed by atoms with E-state index in [2.05, 4.69) is 4.98 Å². The molecule has 5 heteroatoms. The smallest absolute Gasteiger partial charge is 0.309 e. The standard InChI is InChI=1S/C12H10FNO2S/c13-8-1-4-10(5-2-8)17-11-6-3-9(14-11)7-12(15)16/h1-6,14H,7H2,(H,15,16). The molecule has 0 aliphatic rings. The van der Waals surface area contributed by atoms with Gasteiger partial charge < -0.3 is 10.1 Å². The second-order valence-electron chi connectivity index (χ2n) is 3.47. The summed E-state index contributed by atoms with van der Waals surface area (Å²) in [6.07, 6.45) is -0.0238. The zero-order valence-corrected chi connectivity index (χ0v) is 9.63. The molecule has 0 saturated heterocycles. The summed E-state index contributed by atoms with van der Waals surface area (Å²) in [7, 11) is 0. The highest BCUT2D eigenvalue weighted by Crippen LogP contribution is 2.26. The number of aliphatic carboxylic acids is 1. The second-order valence-corrected chi connectivity index (χ2v) is 4.59. The average Bonchev–Trinajstić information content (AvgIpc) is 2.68. The third-order valence-electron chi connectivity index (χ3n) is 2.10. The van der Waals surface area contributed by atoms with E-state index < -0.39 is 5.97 Å². The van der Waals surface area contributed by atoms with E-state index in [1.54, 1.807) is 18.2 Å². The molecule has 0 spiro atoms. The molecule has 1 aromatic heterocycles. The van der Waals surface area contributed by atoms with Crippen LogP contribution < -0.4 is 0 Å². The molecule has 0 bridgehead atoms. The minimum atomic E-state index is -0.870. The molecule has 0 unspecified atom stereocenters. The van der Waals surface area contributed by atoms with E-state index in [1.165, 1.54) is 23.9 Å². The number of halogens is 1. The van der Waals surface area contributed by atoms with Gasteiger partial charge in [-0.05, 0) is 36.4 Å². The monoisotopic (exact) mass is 251 g/mol. The Morgan fingerprint density at radius 1 is 1.24 bits per heavy atom. The highest BCUT2D eigenvalue weighted by atomic mass is 32.2. The first-order valence-corrected chi connectivity index (χ1v) is 5.78. The molecule has 0 aliphatic carbocycles. The molecule has 2 rings (SSSR count). The molecule has 0 fully saturated rings. The Balaban J connectivity index is 2.06. The highest BCUT2D eigenvalue weighted by molar-refractivity contribution is 7.99. The van der Waals surface area contributed by atoms with Crippen LogP contribution in [0.4, 0.5) is 4.39 Å². The van der Waals surface area contributed by atoms with Gasteiger partial charge in [-0.3, -0.25) is 4.79 Å². The van der Waals surface area contributed by atoms with Gasteiger partial charge in [-0.15, -0.1) is 0 Å². The van der Waals surface area contributed by atoms with Crippen molar-refractivity contribution < 1.29 is 14.3 Å². The lowest BCUT2D eigenvalue weighted by Crippen LogP contribution is -1.99. The Morgan fingerprint density at radius 3 is 2.59 bits per heavy atom. The summed E-state index contributed by atoms with van der Waals surface area (Å²) in [4.78, 5) is 14.4. The fourth-order valence-electron chi connectivity index (χ4n) is 1.37. The summed E-state index contributed by atoms with van der Waals surface area (Å²) < 4.78 is 12.7. The van der Waals surface area contributed by atoms with Crippen molar-refractivity contribution >= 4 is 17.7 Å². The molecular weight excluding hydrogens is 241 g/mol. The molecule has 88 valence electrons. The van der Waals surface area contributed by atoms with E-state index in [4.69, 9.17) is 5.11 Å². The Kier molecular flexibility index (Phi) is 3.49. The van der Waals surface area contributed by atoms with Crippen molar-refractivity contribution in [2.45, 2.75) is 16.3 Å². The minimum Gasteiger partial charge on any atom is -0.481 e. The molecule has 0 saturated carbocycles. The topological polar surface area (TPSA) is 53.1 Å². The van der Waals surface area contributed by atoms with E-state index in [9.17, 15) is 9.18 Å². The predicted octanol–water partition coefficient (Wildman–Crippen LogP) is 2.93. The SMILES string of the molecule is O=C(O)Cc1ccc(Sc2ccc(F)cc2)[nH]1. The molecule has 0 atom stereocenters. The van der Waals surface area contributed by atoms with Crippen LogP contribution in [-0.2, 0) is 11.2 Å². The van der Waals surface area contributed by atoms with Crippen LogP contribution in [-0.4, -0.2) is 16.1 Å². The number of aromatic amines is 1. The van der Waals surface area contributed by atoms with Crippen molar-refractivity contribution in [3.63, 3.8) is 0 Å². The second kappa shape index (κ2) is 5.05. The normalized spacial score (nSPS) is 10.4. The summed E-state index contributed by atoms with van der Waals surface area (Å²) in [5.74, 6) is -1.14. The molecule has 2 N–H and O–H groups in total. The summed E-state index contributed by atoms with van der Waals surface area (Å²) in [5, 5.41) is 9.47. The van der Waals surface area contributed by atoms with Crippen LogP contribution in [0.3, 0.4) is 0 Å².